The van der Waals surface area contributed by atoms with Crippen molar-refractivity contribution in [3.63, 3.8) is 0 Å². The third kappa shape index (κ3) is 6.77. The molecule has 1 fully saturated rings. The first-order chi connectivity index (χ1) is 20.3. The van der Waals surface area contributed by atoms with Gasteiger partial charge in [-0.05, 0) is 78.7 Å². The van der Waals surface area contributed by atoms with Crippen LogP contribution in [0.5, 0.6) is 23.1 Å². The van der Waals surface area contributed by atoms with E-state index in [1.807, 2.05) is 0 Å². The van der Waals surface area contributed by atoms with Crippen LogP contribution in [0.25, 0.3) is 0 Å². The first-order valence-electron chi connectivity index (χ1n) is 13.6. The summed E-state index contributed by atoms with van der Waals surface area (Å²) < 4.78 is 16.7. The number of benzene rings is 3. The number of carbonyl (C=O) groups is 3. The summed E-state index contributed by atoms with van der Waals surface area (Å²) in [5.74, 6) is -1.58. The van der Waals surface area contributed by atoms with E-state index >= 15 is 0 Å². The Morgan fingerprint density at radius 1 is 0.881 bits per heavy atom. The van der Waals surface area contributed by atoms with Gasteiger partial charge in [-0.2, -0.15) is 0 Å². The molecule has 0 aliphatic heterocycles. The van der Waals surface area contributed by atoms with Crippen LogP contribution in [0.4, 0.5) is 0 Å². The fraction of sp³-hybridized carbons (Fsp3) is 0.250. The summed E-state index contributed by atoms with van der Waals surface area (Å²) in [6.07, 6.45) is 4.24. The molecule has 0 spiro atoms. The van der Waals surface area contributed by atoms with E-state index in [2.05, 4.69) is 5.16 Å². The van der Waals surface area contributed by atoms with Crippen LogP contribution in [0.2, 0.25) is 0 Å². The Hall–Kier alpha value is -5.12. The molecule has 0 amide bonds. The molecule has 1 aromatic heterocycles. The molecule has 0 radical (unpaired) electrons. The zero-order chi connectivity index (χ0) is 29.6. The maximum Gasteiger partial charge on any atom is 0.303 e. The number of aliphatic carboxylic acids is 1. The van der Waals surface area contributed by atoms with Gasteiger partial charge in [0.25, 0.3) is 5.88 Å². The molecule has 1 saturated carbocycles. The van der Waals surface area contributed by atoms with Gasteiger partial charge in [-0.3, -0.25) is 14.4 Å². The van der Waals surface area contributed by atoms with E-state index in [1.165, 1.54) is 12.1 Å². The molecule has 4 aromatic rings. The van der Waals surface area contributed by atoms with Crippen LogP contribution < -0.4 is 9.47 Å². The van der Waals surface area contributed by atoms with E-state index in [-0.39, 0.29) is 54.1 Å². The van der Waals surface area contributed by atoms with Gasteiger partial charge in [0, 0.05) is 23.6 Å². The van der Waals surface area contributed by atoms with Crippen LogP contribution in [0.3, 0.4) is 0 Å². The lowest BCUT2D eigenvalue weighted by atomic mass is 9.98. The molecular weight excluding hydrogens is 542 g/mol. The number of hydrogen-bond donors (Lipinski definition) is 3. The second-order valence-electron chi connectivity index (χ2n) is 10.1. The number of rotatable bonds is 12. The number of carbonyl (C=O) groups excluding carboxylic acids is 2. The maximum atomic E-state index is 13.3. The highest BCUT2D eigenvalue weighted by Crippen LogP contribution is 2.31. The monoisotopic (exact) mass is 571 g/mol. The average molecular weight is 572 g/mol. The van der Waals surface area contributed by atoms with Crippen molar-refractivity contribution < 1.29 is 43.7 Å². The third-order valence-corrected chi connectivity index (χ3v) is 7.08. The second kappa shape index (κ2) is 12.6. The minimum absolute atomic E-state index is 0.0871. The molecule has 0 bridgehead atoms. The fourth-order valence-corrected chi connectivity index (χ4v) is 4.86. The summed E-state index contributed by atoms with van der Waals surface area (Å²) >= 11 is 0. The number of carboxylic acids is 1. The Kier molecular flexibility index (Phi) is 8.52. The molecule has 0 unspecified atom stereocenters. The molecule has 3 aromatic carbocycles. The summed E-state index contributed by atoms with van der Waals surface area (Å²) in [4.78, 5) is 37.0. The predicted octanol–water partition coefficient (Wildman–Crippen LogP) is 5.47. The number of phenolic OH excluding ortho intramolecular Hbond substituents is 1. The van der Waals surface area contributed by atoms with Gasteiger partial charge in [0.15, 0.2) is 5.78 Å². The Bertz CT molecular complexity index is 1600. The number of ether oxygens (including phenoxy) is 2. The van der Waals surface area contributed by atoms with Gasteiger partial charge < -0.3 is 29.3 Å². The number of hydrogen-bond acceptors (Lipinski definition) is 9. The van der Waals surface area contributed by atoms with Crippen LogP contribution in [-0.2, 0) is 17.8 Å². The second-order valence-corrected chi connectivity index (χ2v) is 10.1. The molecule has 10 nitrogen and oxygen atoms in total. The number of phenols is 1. The number of ketones is 2. The molecule has 5 rings (SSSR count). The molecule has 0 saturated heterocycles. The Labute approximate surface area is 241 Å². The van der Waals surface area contributed by atoms with Crippen LogP contribution in [0.15, 0.2) is 71.3 Å². The highest BCUT2D eigenvalue weighted by Gasteiger charge is 2.20. The Morgan fingerprint density at radius 2 is 1.62 bits per heavy atom. The molecule has 42 heavy (non-hydrogen) atoms. The molecule has 216 valence electrons. The van der Waals surface area contributed by atoms with E-state index in [1.54, 1.807) is 48.5 Å². The standard InChI is InChI=1S/C32H29NO9/c34-26-16-24(41-23-3-1-2-4-23)11-12-25(26)31(38)22-9-13-27(21(15-22)10-14-30(36)37)40-18-19-5-7-20(8-6-19)32(39)28-17-29(35)33-42-28/h5-9,11-13,15-17,23,34H,1-4,10,14,18H2,(H,33,35)(H,36,37). The lowest BCUT2D eigenvalue weighted by Crippen LogP contribution is -2.11. The minimum atomic E-state index is -0.992. The van der Waals surface area contributed by atoms with Crippen LogP contribution in [-0.4, -0.2) is 44.1 Å². The number of nitrogens with zero attached hydrogens (tertiary/aromatic N) is 1. The van der Waals surface area contributed by atoms with E-state index in [0.717, 1.165) is 37.3 Å². The topological polar surface area (TPSA) is 156 Å². The first-order valence-corrected chi connectivity index (χ1v) is 13.6. The number of aromatic nitrogens is 1. The molecule has 3 N–H and O–H groups in total. The number of carboxylic acid groups (broad SMARTS) is 1. The van der Waals surface area contributed by atoms with E-state index in [0.29, 0.717) is 22.6 Å². The zero-order valence-corrected chi connectivity index (χ0v) is 22.6. The third-order valence-electron chi connectivity index (χ3n) is 7.08. The van der Waals surface area contributed by atoms with Crippen molar-refractivity contribution in [2.24, 2.45) is 0 Å². The quantitative estimate of drug-likeness (QED) is 0.186. The first kappa shape index (κ1) is 28.4. The molecule has 10 heteroatoms. The summed E-state index contributed by atoms with van der Waals surface area (Å²) in [7, 11) is 0. The smallest absolute Gasteiger partial charge is 0.303 e. The van der Waals surface area contributed by atoms with E-state index in [9.17, 15) is 29.7 Å². The van der Waals surface area contributed by atoms with Gasteiger partial charge in [-0.15, -0.1) is 0 Å². The van der Waals surface area contributed by atoms with Crippen molar-refractivity contribution >= 4 is 17.5 Å². The Morgan fingerprint density at radius 3 is 2.29 bits per heavy atom. The SMILES string of the molecule is O=C(O)CCc1cc(C(=O)c2ccc(OC3CCCC3)cc2O)ccc1OCc1ccc(C(=O)c2cc(O)no2)cc1. The summed E-state index contributed by atoms with van der Waals surface area (Å²) in [6, 6.07) is 17.1. The number of aromatic hydroxyl groups is 2. The van der Waals surface area contributed by atoms with Gasteiger partial charge in [-0.1, -0.05) is 24.3 Å². The molecule has 0 atom stereocenters. The van der Waals surface area contributed by atoms with Gasteiger partial charge in [-0.25, -0.2) is 0 Å². The highest BCUT2D eigenvalue weighted by atomic mass is 16.5. The van der Waals surface area contributed by atoms with Crippen molar-refractivity contribution in [3.8, 4) is 23.1 Å². The van der Waals surface area contributed by atoms with Crippen molar-refractivity contribution in [3.05, 3.63) is 100 Å². The lowest BCUT2D eigenvalue weighted by Gasteiger charge is -2.15. The van der Waals surface area contributed by atoms with Crippen LogP contribution >= 0.6 is 0 Å². The van der Waals surface area contributed by atoms with Gasteiger partial charge >= 0.3 is 5.97 Å². The van der Waals surface area contributed by atoms with Crippen LogP contribution in [0.1, 0.15) is 75.3 Å². The summed E-state index contributed by atoms with van der Waals surface area (Å²) in [5, 5.41) is 32.4. The Balaban J connectivity index is 1.29. The molecular formula is C32H29NO9. The molecule has 1 aliphatic rings. The minimum Gasteiger partial charge on any atom is -0.507 e. The average Bonchev–Trinajstić information content (AvgIpc) is 3.66. The predicted molar refractivity (Wildman–Crippen MR) is 149 cm³/mol. The van der Waals surface area contributed by atoms with Crippen molar-refractivity contribution in [2.75, 3.05) is 0 Å². The van der Waals surface area contributed by atoms with Crippen molar-refractivity contribution in [2.45, 2.75) is 51.2 Å². The molecule has 1 aliphatic carbocycles. The van der Waals surface area contributed by atoms with Gasteiger partial charge in [0.1, 0.15) is 23.9 Å². The lowest BCUT2D eigenvalue weighted by molar-refractivity contribution is -0.136. The normalized spacial score (nSPS) is 13.1. The zero-order valence-electron chi connectivity index (χ0n) is 22.6. The summed E-state index contributed by atoms with van der Waals surface area (Å²) in [5.41, 5.74) is 1.99. The van der Waals surface area contributed by atoms with Gasteiger partial charge in [0.05, 0.1) is 17.7 Å². The highest BCUT2D eigenvalue weighted by molar-refractivity contribution is 6.11. The van der Waals surface area contributed by atoms with Crippen molar-refractivity contribution in [1.82, 2.24) is 5.16 Å². The maximum absolute atomic E-state index is 13.3. The van der Waals surface area contributed by atoms with Crippen LogP contribution in [0, 0.1) is 0 Å². The largest absolute Gasteiger partial charge is 0.507 e. The fourth-order valence-electron chi connectivity index (χ4n) is 4.86. The van der Waals surface area contributed by atoms with Gasteiger partial charge in [0.2, 0.25) is 11.5 Å². The van der Waals surface area contributed by atoms with E-state index < -0.39 is 17.5 Å². The summed E-state index contributed by atoms with van der Waals surface area (Å²) in [6.45, 7) is 0.119. The van der Waals surface area contributed by atoms with E-state index in [4.69, 9.17) is 14.0 Å². The van der Waals surface area contributed by atoms with Crippen molar-refractivity contribution in [1.29, 1.82) is 0 Å². The molecule has 1 heterocycles. The number of aryl methyl sites for hydroxylation is 1.